The maximum absolute atomic E-state index is 11.2. The Morgan fingerprint density at radius 1 is 0.358 bits per heavy atom. The van der Waals surface area contributed by atoms with E-state index in [9.17, 15) is 43.2 Å². The third-order valence-electron chi connectivity index (χ3n) is 15.4. The van der Waals surface area contributed by atoms with Crippen molar-refractivity contribution >= 4 is 65.3 Å². The van der Waals surface area contributed by atoms with Gasteiger partial charge in [-0.2, -0.15) is 11.8 Å². The first-order valence-electron chi connectivity index (χ1n) is 35.5. The zero-order chi connectivity index (χ0) is 79.7. The average molecular weight is 1610 g/mol. The maximum atomic E-state index is 11.2. The van der Waals surface area contributed by atoms with Crippen LogP contribution in [0.25, 0.3) is 0 Å². The van der Waals surface area contributed by atoms with E-state index in [-0.39, 0.29) is 91.0 Å². The Morgan fingerprint density at radius 2 is 0.716 bits per heavy atom. The fourth-order valence-electron chi connectivity index (χ4n) is 9.32. The Labute approximate surface area is 639 Å². The number of carbonyl (C=O) groups excluding carboxylic acids is 1. The fraction of sp³-hybridized carbons (Fsp3) is 0.864. The largest absolute Gasteiger partial charge is 0.480 e. The van der Waals surface area contributed by atoms with Gasteiger partial charge < -0.3 is 168 Å². The zero-order valence-electron chi connectivity index (χ0n) is 60.6. The van der Waals surface area contributed by atoms with Crippen molar-refractivity contribution in [2.45, 2.75) is 229 Å². The molecule has 9 atom stereocenters. The van der Waals surface area contributed by atoms with Crippen LogP contribution in [0.4, 0.5) is 0 Å². The Bertz CT molecular complexity index is 2230. The smallest absolute Gasteiger partial charge is 0.322 e. The molecule has 42 nitrogen and oxygen atoms in total. The van der Waals surface area contributed by atoms with Gasteiger partial charge in [0.2, 0.25) is 0 Å². The number of ketones is 1. The van der Waals surface area contributed by atoms with Crippen molar-refractivity contribution in [3.05, 3.63) is 0 Å². The minimum Gasteiger partial charge on any atom is -0.480 e. The molecule has 8 saturated heterocycles. The number of nitrogens with two attached hydrogens (primary N) is 8. The van der Waals surface area contributed by atoms with Crippen LogP contribution in [0.1, 0.15) is 130 Å². The number of nitrogens with one attached hydrogen (secondary N) is 1. The van der Waals surface area contributed by atoms with Crippen LogP contribution in [0.3, 0.4) is 0 Å². The summed E-state index contributed by atoms with van der Waals surface area (Å²) >= 11 is 1.43. The predicted molar refractivity (Wildman–Crippen MR) is 387 cm³/mol. The summed E-state index contributed by atoms with van der Waals surface area (Å²) < 4.78 is 82.4. The molecule has 0 saturated carbocycles. The Balaban J connectivity index is 0. The molecule has 0 amide bonds. The van der Waals surface area contributed by atoms with Gasteiger partial charge in [0.1, 0.15) is 54.1 Å². The van der Waals surface area contributed by atoms with Gasteiger partial charge in [0, 0.05) is 44.0 Å². The van der Waals surface area contributed by atoms with E-state index in [1.807, 2.05) is 0 Å². The molecule has 8 rings (SSSR count). The molecule has 8 heterocycles. The zero-order valence-corrected chi connectivity index (χ0v) is 61.4. The molecule has 0 radical (unpaired) electrons. The quantitative estimate of drug-likeness (QED) is 0.0306. The molecule has 25 N–H and O–H groups in total. The molecule has 0 aromatic heterocycles. The molecule has 0 aromatic rings. The normalized spacial score (nSPS) is 20.2. The van der Waals surface area contributed by atoms with E-state index in [2.05, 4.69) is 5.32 Å². The first kappa shape index (κ1) is 106. The summed E-state index contributed by atoms with van der Waals surface area (Å²) in [6, 6.07) is -6.78. The van der Waals surface area contributed by atoms with Gasteiger partial charge in [-0.25, -0.2) is 0 Å². The maximum Gasteiger partial charge on any atom is 0.322 e. The van der Waals surface area contributed by atoms with Crippen LogP contribution in [0.15, 0.2) is 0 Å². The number of hydrogen-bond donors (Lipinski definition) is 17. The van der Waals surface area contributed by atoms with E-state index in [1.54, 1.807) is 0 Å². The second-order valence-electron chi connectivity index (χ2n) is 24.5. The number of Topliss-reactive ketones (excluding diaryl/α,β-unsaturated/α-hetero) is 1. The number of thioether (sulfide) groups is 1. The van der Waals surface area contributed by atoms with Crippen molar-refractivity contribution in [3.8, 4) is 0 Å². The third-order valence-corrected chi connectivity index (χ3v) is 16.5. The van der Waals surface area contributed by atoms with E-state index < -0.39 is 102 Å². The number of aliphatic carboxylic acids is 8. The molecular weight excluding hydrogens is 1480 g/mol. The highest BCUT2D eigenvalue weighted by atomic mass is 32.2. The molecule has 640 valence electrons. The molecule has 9 unspecified atom stereocenters. The molecule has 0 bridgehead atoms. The topological polar surface area (TPSA) is 683 Å². The van der Waals surface area contributed by atoms with Crippen molar-refractivity contribution < 1.29 is 160 Å². The van der Waals surface area contributed by atoms with E-state index >= 15 is 0 Å². The van der Waals surface area contributed by atoms with Gasteiger partial charge in [0.25, 0.3) is 0 Å². The lowest BCUT2D eigenvalue weighted by Gasteiger charge is -2.11. The van der Waals surface area contributed by atoms with Gasteiger partial charge >= 0.3 is 47.8 Å². The fourth-order valence-corrected chi connectivity index (χ4v) is 10.2. The van der Waals surface area contributed by atoms with Crippen LogP contribution in [0, 0.1) is 0 Å². The highest BCUT2D eigenvalue weighted by Gasteiger charge is 2.26. The SMILES string of the molecule is C.C.NC(CC(=O)CC1OCCO1)C(=O)O.NC(CCC1OCCO1)C(=O)O.NC(CCCC1OCCO1)C(=O)O.NC(CCCCC1CCCO1)C(=O)O.NC(CCCCCC1OCCO1)C(=O)O.NC(CNCC1OCCO1)C(=O)O.NC(COCC1OCCO1)C(=O)O.NC(CSCC1OCCO1)C(=O)O. The second-order valence-corrected chi connectivity index (χ2v) is 25.6. The summed E-state index contributed by atoms with van der Waals surface area (Å²) in [5.41, 5.74) is 42.3. The number of carboxylic acids is 8. The molecular formula is C66H127N9O33S. The summed E-state index contributed by atoms with van der Waals surface area (Å²) in [5, 5.41) is 70.7. The lowest BCUT2D eigenvalue weighted by Crippen LogP contribution is -2.42. The summed E-state index contributed by atoms with van der Waals surface area (Å²) in [5.74, 6) is -7.21. The average Bonchev–Trinajstić information content (AvgIpc) is 1.88. The number of ether oxygens (including phenoxy) is 16. The molecule has 8 aliphatic rings. The molecule has 0 spiro atoms. The lowest BCUT2D eigenvalue weighted by atomic mass is 10.1. The Hall–Kier alpha value is -5.22. The van der Waals surface area contributed by atoms with Crippen LogP contribution in [0.5, 0.6) is 0 Å². The Kier molecular flexibility index (Phi) is 64.3. The van der Waals surface area contributed by atoms with Crippen molar-refractivity contribution in [1.29, 1.82) is 0 Å². The predicted octanol–water partition coefficient (Wildman–Crippen LogP) is -1.60. The molecule has 43 heteroatoms. The van der Waals surface area contributed by atoms with Crippen LogP contribution in [0.2, 0.25) is 0 Å². The molecule has 0 aromatic carbocycles. The van der Waals surface area contributed by atoms with Gasteiger partial charge in [-0.1, -0.05) is 40.5 Å². The molecule has 0 aliphatic carbocycles. The van der Waals surface area contributed by atoms with Gasteiger partial charge in [0.15, 0.2) is 44.0 Å². The van der Waals surface area contributed by atoms with Gasteiger partial charge in [-0.05, 0) is 70.6 Å². The van der Waals surface area contributed by atoms with E-state index in [4.69, 9.17) is 163 Å². The minimum atomic E-state index is -1.17. The van der Waals surface area contributed by atoms with Gasteiger partial charge in [-0.3, -0.25) is 43.2 Å². The summed E-state index contributed by atoms with van der Waals surface area (Å²) in [7, 11) is 0. The Morgan fingerprint density at radius 3 is 1.14 bits per heavy atom. The monoisotopic (exact) mass is 1610 g/mol. The van der Waals surface area contributed by atoms with Gasteiger partial charge in [-0.15, -0.1) is 0 Å². The minimum absolute atomic E-state index is 0. The van der Waals surface area contributed by atoms with Crippen molar-refractivity contribution in [2.75, 3.05) is 137 Å². The van der Waals surface area contributed by atoms with E-state index in [1.165, 1.54) is 18.2 Å². The number of unbranched alkanes of at least 4 members (excludes halogenated alkanes) is 3. The number of carbonyl (C=O) groups is 9. The third kappa shape index (κ3) is 57.5. The van der Waals surface area contributed by atoms with Gasteiger partial charge in [0.05, 0.1) is 118 Å². The van der Waals surface area contributed by atoms with E-state index in [0.29, 0.717) is 149 Å². The van der Waals surface area contributed by atoms with Crippen LogP contribution < -0.4 is 51.2 Å². The number of hydrogen-bond acceptors (Lipinski definition) is 35. The first-order chi connectivity index (χ1) is 51.0. The molecule has 8 fully saturated rings. The standard InChI is InChI=1S/C10H19NO4.C10H19NO3.C8H13NO5.C8H15NO4.C7H14N2O4.C7H13NO5.C7H13NO4S.C7H13NO4.2CH4/c11-8(10(12)13)4-2-1-3-5-9-14-6-7-15-9;11-9(10(12)13)6-2-1-4-8-5-3-7-14-8;9-6(8(11)12)3-5(10)4-7-13-1-2-14-7;9-6(8(10)11)2-1-3-7-12-4-5-13-7;8-5(7(10)11)3-9-4-6-12-1-2-13-6;8-5(7(9)10)3-11-4-6-12-1-2-13-6;8-5(7(9)10)3-13-4-6-11-1-2-12-6;8-5(7(9)10)1-2-6-11-3-4-12-6;;/h8-9H,1-7,11H2,(H,12,13);8-9H,1-7,11H2,(H,12,13);6-7H,1-4,9H2,(H,11,12);6-7H,1-5,9H2,(H,10,11);5-6,9H,1-4,8H2,(H,10,11);2*5-6H,1-4,8H2,(H,9,10);5-6H,1-4,8H2,(H,9,10);2*1H4. The van der Waals surface area contributed by atoms with E-state index in [0.717, 1.165) is 70.8 Å². The molecule has 109 heavy (non-hydrogen) atoms. The summed E-state index contributed by atoms with van der Waals surface area (Å²) in [4.78, 5) is 93.9. The van der Waals surface area contributed by atoms with Crippen LogP contribution in [-0.4, -0.2) is 330 Å². The van der Waals surface area contributed by atoms with Crippen molar-refractivity contribution in [2.24, 2.45) is 45.9 Å². The lowest BCUT2D eigenvalue weighted by molar-refractivity contribution is -0.142. The van der Waals surface area contributed by atoms with Crippen molar-refractivity contribution in [3.63, 3.8) is 0 Å². The van der Waals surface area contributed by atoms with Crippen LogP contribution in [-0.2, 0) is 119 Å². The number of carboxylic acid groups (broad SMARTS) is 8. The highest BCUT2D eigenvalue weighted by Crippen LogP contribution is 2.20. The molecule has 8 aliphatic heterocycles. The summed E-state index contributed by atoms with van der Waals surface area (Å²) in [6.45, 7) is 10.1. The first-order valence-corrected chi connectivity index (χ1v) is 36.6. The highest BCUT2D eigenvalue weighted by molar-refractivity contribution is 7.99. The summed E-state index contributed by atoms with van der Waals surface area (Å²) in [6.07, 6.45) is 11.5. The van der Waals surface area contributed by atoms with Crippen LogP contribution >= 0.6 is 11.8 Å². The van der Waals surface area contributed by atoms with Crippen molar-refractivity contribution in [1.82, 2.24) is 5.32 Å². The number of rotatable bonds is 42. The second kappa shape index (κ2) is 66.2.